The van der Waals surface area contributed by atoms with Crippen molar-refractivity contribution < 1.29 is 14.3 Å². The maximum absolute atomic E-state index is 12.0. The second-order valence-corrected chi connectivity index (χ2v) is 4.88. The van der Waals surface area contributed by atoms with E-state index in [9.17, 15) is 4.79 Å². The molecule has 0 spiro atoms. The van der Waals surface area contributed by atoms with Crippen LogP contribution in [0.4, 0.5) is 5.69 Å². The number of ether oxygens (including phenoxy) is 2. The largest absolute Gasteiger partial charge is 0.493 e. The van der Waals surface area contributed by atoms with E-state index in [2.05, 4.69) is 10.3 Å². The number of aromatic nitrogens is 1. The molecule has 0 saturated carbocycles. The Kier molecular flexibility index (Phi) is 3.48. The van der Waals surface area contributed by atoms with Crippen molar-refractivity contribution in [3.05, 3.63) is 47.8 Å². The molecule has 1 aromatic carbocycles. The van der Waals surface area contributed by atoms with Crippen LogP contribution in [0.15, 0.2) is 36.7 Å². The van der Waals surface area contributed by atoms with Crippen molar-refractivity contribution >= 4 is 11.6 Å². The van der Waals surface area contributed by atoms with Crippen LogP contribution >= 0.6 is 0 Å². The molecule has 1 aliphatic heterocycles. The van der Waals surface area contributed by atoms with Gasteiger partial charge in [0.05, 0.1) is 14.2 Å². The monoisotopic (exact) mass is 284 g/mol. The lowest BCUT2D eigenvalue weighted by Crippen LogP contribution is -2.23. The molecule has 1 N–H and O–H groups in total. The van der Waals surface area contributed by atoms with Crippen LogP contribution in [0.5, 0.6) is 11.5 Å². The zero-order valence-corrected chi connectivity index (χ0v) is 11.9. The van der Waals surface area contributed by atoms with Gasteiger partial charge in [0.2, 0.25) is 5.91 Å². The Labute approximate surface area is 122 Å². The summed E-state index contributed by atoms with van der Waals surface area (Å²) in [5.41, 5.74) is 2.86. The molecule has 0 aliphatic carbocycles. The van der Waals surface area contributed by atoms with E-state index < -0.39 is 0 Å². The molecule has 5 heteroatoms. The number of carbonyl (C=O) groups excluding carboxylic acids is 1. The van der Waals surface area contributed by atoms with Crippen LogP contribution < -0.4 is 14.8 Å². The highest BCUT2D eigenvalue weighted by atomic mass is 16.5. The molecule has 1 atom stereocenters. The third-order valence-electron chi connectivity index (χ3n) is 3.70. The number of methoxy groups -OCH3 is 2. The molecule has 0 unspecified atom stereocenters. The number of anilines is 1. The molecule has 3 rings (SSSR count). The van der Waals surface area contributed by atoms with E-state index in [0.29, 0.717) is 17.9 Å². The summed E-state index contributed by atoms with van der Waals surface area (Å²) >= 11 is 0. The average molecular weight is 284 g/mol. The molecule has 1 amide bonds. The smallest absolute Gasteiger partial charge is 0.225 e. The first kappa shape index (κ1) is 13.4. The van der Waals surface area contributed by atoms with Crippen molar-refractivity contribution in [2.75, 3.05) is 19.5 Å². The van der Waals surface area contributed by atoms with Crippen molar-refractivity contribution in [1.82, 2.24) is 4.98 Å². The topological polar surface area (TPSA) is 60.5 Å². The van der Waals surface area contributed by atoms with Crippen molar-refractivity contribution in [2.24, 2.45) is 0 Å². The summed E-state index contributed by atoms with van der Waals surface area (Å²) in [6, 6.07) is 7.60. The van der Waals surface area contributed by atoms with E-state index in [-0.39, 0.29) is 11.8 Å². The lowest BCUT2D eigenvalue weighted by Gasteiger charge is -2.27. The highest BCUT2D eigenvalue weighted by Crippen LogP contribution is 2.42. The van der Waals surface area contributed by atoms with Gasteiger partial charge in [0.15, 0.2) is 11.5 Å². The number of pyridine rings is 1. The number of amides is 1. The normalized spacial score (nSPS) is 16.9. The molecule has 0 bridgehead atoms. The molecular weight excluding hydrogens is 268 g/mol. The number of hydrogen-bond acceptors (Lipinski definition) is 4. The van der Waals surface area contributed by atoms with Gasteiger partial charge in [-0.05, 0) is 29.3 Å². The van der Waals surface area contributed by atoms with E-state index in [4.69, 9.17) is 9.47 Å². The number of nitrogens with one attached hydrogen (secondary N) is 1. The molecule has 1 aromatic heterocycles. The van der Waals surface area contributed by atoms with Crippen LogP contribution in [0.25, 0.3) is 0 Å². The van der Waals surface area contributed by atoms with E-state index >= 15 is 0 Å². The molecule has 108 valence electrons. The van der Waals surface area contributed by atoms with Crippen LogP contribution in [0, 0.1) is 0 Å². The minimum absolute atomic E-state index is 0.00319. The number of nitrogens with zero attached hydrogens (tertiary/aromatic N) is 1. The average Bonchev–Trinajstić information content (AvgIpc) is 2.53. The molecule has 2 heterocycles. The van der Waals surface area contributed by atoms with Gasteiger partial charge in [-0.25, -0.2) is 0 Å². The Bertz CT molecular complexity index is 671. The third-order valence-corrected chi connectivity index (χ3v) is 3.70. The molecule has 0 saturated heterocycles. The van der Waals surface area contributed by atoms with Crippen molar-refractivity contribution in [3.8, 4) is 11.5 Å². The number of hydrogen-bond donors (Lipinski definition) is 1. The number of rotatable bonds is 3. The van der Waals surface area contributed by atoms with Gasteiger partial charge in [-0.15, -0.1) is 0 Å². The predicted octanol–water partition coefficient (Wildman–Crippen LogP) is 2.57. The standard InChI is InChI=1S/C16H16N2O3/c1-20-14-7-12-11(10-3-5-17-6-4-10)8-16(19)18-13(12)9-15(14)21-2/h3-7,9,11H,8H2,1-2H3,(H,18,19)/t11-/m1/s1. The van der Waals surface area contributed by atoms with Gasteiger partial charge in [0.1, 0.15) is 0 Å². The van der Waals surface area contributed by atoms with E-state index in [1.54, 1.807) is 32.7 Å². The summed E-state index contributed by atoms with van der Waals surface area (Å²) < 4.78 is 10.7. The first-order chi connectivity index (χ1) is 10.2. The summed E-state index contributed by atoms with van der Waals surface area (Å²) in [4.78, 5) is 16.0. The van der Waals surface area contributed by atoms with Gasteiger partial charge in [-0.2, -0.15) is 0 Å². The molecule has 2 aromatic rings. The fourth-order valence-electron chi connectivity index (χ4n) is 2.68. The summed E-state index contributed by atoms with van der Waals surface area (Å²) in [6.45, 7) is 0. The summed E-state index contributed by atoms with van der Waals surface area (Å²) in [5, 5.41) is 2.90. The summed E-state index contributed by atoms with van der Waals surface area (Å²) in [7, 11) is 3.18. The quantitative estimate of drug-likeness (QED) is 0.941. The maximum atomic E-state index is 12.0. The van der Waals surface area contributed by atoms with Gasteiger partial charge < -0.3 is 14.8 Å². The van der Waals surface area contributed by atoms with Gasteiger partial charge in [-0.3, -0.25) is 9.78 Å². The fraction of sp³-hybridized carbons (Fsp3) is 0.250. The van der Waals surface area contributed by atoms with E-state index in [0.717, 1.165) is 16.8 Å². The zero-order valence-electron chi connectivity index (χ0n) is 11.9. The van der Waals surface area contributed by atoms with Gasteiger partial charge in [-0.1, -0.05) is 0 Å². The van der Waals surface area contributed by atoms with Gasteiger partial charge in [0.25, 0.3) is 0 Å². The van der Waals surface area contributed by atoms with Gasteiger partial charge >= 0.3 is 0 Å². The Morgan fingerprint density at radius 1 is 1.14 bits per heavy atom. The Morgan fingerprint density at radius 3 is 2.48 bits per heavy atom. The summed E-state index contributed by atoms with van der Waals surface area (Å²) in [6.07, 6.45) is 3.89. The van der Waals surface area contributed by atoms with Crippen molar-refractivity contribution in [2.45, 2.75) is 12.3 Å². The Hall–Kier alpha value is -2.56. The minimum Gasteiger partial charge on any atom is -0.493 e. The Balaban J connectivity index is 2.13. The minimum atomic E-state index is -0.00321. The van der Waals surface area contributed by atoms with Gasteiger partial charge in [0, 0.05) is 36.5 Å². The highest BCUT2D eigenvalue weighted by molar-refractivity contribution is 5.96. The predicted molar refractivity (Wildman–Crippen MR) is 78.9 cm³/mol. The molecule has 5 nitrogen and oxygen atoms in total. The fourth-order valence-corrected chi connectivity index (χ4v) is 2.68. The van der Waals surface area contributed by atoms with Crippen LogP contribution in [-0.2, 0) is 4.79 Å². The van der Waals surface area contributed by atoms with Crippen LogP contribution in [0.1, 0.15) is 23.5 Å². The van der Waals surface area contributed by atoms with E-state index in [1.165, 1.54) is 0 Å². The number of benzene rings is 1. The lowest BCUT2D eigenvalue weighted by molar-refractivity contribution is -0.116. The molecule has 0 fully saturated rings. The van der Waals surface area contributed by atoms with Crippen molar-refractivity contribution in [3.63, 3.8) is 0 Å². The number of carbonyl (C=O) groups is 1. The maximum Gasteiger partial charge on any atom is 0.225 e. The molecular formula is C16H16N2O3. The zero-order chi connectivity index (χ0) is 14.8. The number of fused-ring (bicyclic) bond motifs is 1. The van der Waals surface area contributed by atoms with Crippen LogP contribution in [0.3, 0.4) is 0 Å². The second-order valence-electron chi connectivity index (χ2n) is 4.88. The Morgan fingerprint density at radius 2 is 1.81 bits per heavy atom. The van der Waals surface area contributed by atoms with Crippen molar-refractivity contribution in [1.29, 1.82) is 0 Å². The highest BCUT2D eigenvalue weighted by Gasteiger charge is 2.28. The first-order valence-corrected chi connectivity index (χ1v) is 6.68. The first-order valence-electron chi connectivity index (χ1n) is 6.68. The van der Waals surface area contributed by atoms with Crippen LogP contribution in [-0.4, -0.2) is 25.1 Å². The third kappa shape index (κ3) is 2.42. The second kappa shape index (κ2) is 5.44. The molecule has 0 radical (unpaired) electrons. The molecule has 21 heavy (non-hydrogen) atoms. The van der Waals surface area contributed by atoms with E-state index in [1.807, 2.05) is 18.2 Å². The summed E-state index contributed by atoms with van der Waals surface area (Å²) in [5.74, 6) is 1.26. The van der Waals surface area contributed by atoms with Crippen LogP contribution in [0.2, 0.25) is 0 Å². The molecule has 1 aliphatic rings. The lowest BCUT2D eigenvalue weighted by atomic mass is 9.85. The SMILES string of the molecule is COc1cc2c(cc1OC)[C@@H](c1ccncc1)CC(=O)N2.